The number of carbonyl (C=O) groups is 2. The van der Waals surface area contributed by atoms with Gasteiger partial charge in [0.05, 0.1) is 17.8 Å². The molecule has 3 rings (SSSR count). The van der Waals surface area contributed by atoms with E-state index in [1.54, 1.807) is 12.1 Å². The number of rotatable bonds is 6. The van der Waals surface area contributed by atoms with E-state index >= 15 is 0 Å². The van der Waals surface area contributed by atoms with Crippen molar-refractivity contribution in [3.63, 3.8) is 0 Å². The van der Waals surface area contributed by atoms with Crippen LogP contribution in [-0.4, -0.2) is 59.9 Å². The highest BCUT2D eigenvalue weighted by Crippen LogP contribution is 2.17. The Bertz CT molecular complexity index is 918. The minimum absolute atomic E-state index is 0.0898. The SMILES string of the molecule is Cc1ccc(CNC(=O)c2ccccc2NC(=O)CN2CCCN(C(C)(C)C)CC2)cc1. The molecule has 1 saturated heterocycles. The van der Waals surface area contributed by atoms with Gasteiger partial charge in [0.2, 0.25) is 5.91 Å². The van der Waals surface area contributed by atoms with Gasteiger partial charge in [0.25, 0.3) is 5.91 Å². The Hall–Kier alpha value is -2.70. The predicted octanol–water partition coefficient (Wildman–Crippen LogP) is 3.67. The fourth-order valence-corrected chi connectivity index (χ4v) is 3.97. The molecular weight excluding hydrogens is 400 g/mol. The second-order valence-electron chi connectivity index (χ2n) is 9.55. The molecule has 32 heavy (non-hydrogen) atoms. The first-order valence-corrected chi connectivity index (χ1v) is 11.4. The topological polar surface area (TPSA) is 64.7 Å². The number of aryl methyl sites for hydroxylation is 1. The highest BCUT2D eigenvalue weighted by molar-refractivity contribution is 6.04. The molecule has 1 heterocycles. The fraction of sp³-hybridized carbons (Fsp3) is 0.462. The molecule has 172 valence electrons. The first-order valence-electron chi connectivity index (χ1n) is 11.4. The molecule has 0 atom stereocenters. The number of nitrogens with one attached hydrogen (secondary N) is 2. The number of nitrogens with zero attached hydrogens (tertiary/aromatic N) is 2. The lowest BCUT2D eigenvalue weighted by molar-refractivity contribution is -0.117. The molecule has 0 saturated carbocycles. The van der Waals surface area contributed by atoms with E-state index in [0.29, 0.717) is 24.3 Å². The highest BCUT2D eigenvalue weighted by Gasteiger charge is 2.25. The monoisotopic (exact) mass is 436 g/mol. The molecule has 0 aliphatic carbocycles. The maximum Gasteiger partial charge on any atom is 0.253 e. The summed E-state index contributed by atoms with van der Waals surface area (Å²) in [6, 6.07) is 15.2. The van der Waals surface area contributed by atoms with Crippen molar-refractivity contribution in [2.45, 2.75) is 46.2 Å². The summed E-state index contributed by atoms with van der Waals surface area (Å²) in [4.78, 5) is 30.2. The number of hydrogen-bond acceptors (Lipinski definition) is 4. The highest BCUT2D eigenvalue weighted by atomic mass is 16.2. The van der Waals surface area contributed by atoms with Crippen molar-refractivity contribution >= 4 is 17.5 Å². The number of anilines is 1. The molecule has 2 aromatic carbocycles. The van der Waals surface area contributed by atoms with E-state index in [-0.39, 0.29) is 17.4 Å². The van der Waals surface area contributed by atoms with Crippen molar-refractivity contribution in [2.75, 3.05) is 38.0 Å². The van der Waals surface area contributed by atoms with E-state index in [1.807, 2.05) is 43.3 Å². The maximum atomic E-state index is 12.8. The molecule has 1 aliphatic heterocycles. The molecule has 1 fully saturated rings. The van der Waals surface area contributed by atoms with Crippen molar-refractivity contribution in [2.24, 2.45) is 0 Å². The van der Waals surface area contributed by atoms with Crippen molar-refractivity contribution < 1.29 is 9.59 Å². The van der Waals surface area contributed by atoms with Gasteiger partial charge in [-0.1, -0.05) is 42.0 Å². The zero-order valence-corrected chi connectivity index (χ0v) is 19.8. The van der Waals surface area contributed by atoms with Gasteiger partial charge in [-0.05, 0) is 64.9 Å². The number of amides is 2. The Labute approximate surface area is 192 Å². The molecular formula is C26H36N4O2. The molecule has 2 aromatic rings. The van der Waals surface area contributed by atoms with Gasteiger partial charge < -0.3 is 10.6 Å². The second kappa shape index (κ2) is 10.7. The van der Waals surface area contributed by atoms with Crippen LogP contribution in [0.4, 0.5) is 5.69 Å². The summed E-state index contributed by atoms with van der Waals surface area (Å²) in [5.74, 6) is -0.287. The van der Waals surface area contributed by atoms with Gasteiger partial charge in [0, 0.05) is 25.2 Å². The molecule has 2 amide bonds. The first kappa shape index (κ1) is 24.0. The summed E-state index contributed by atoms with van der Waals surface area (Å²) in [5, 5.41) is 5.90. The third-order valence-electron chi connectivity index (χ3n) is 5.92. The van der Waals surface area contributed by atoms with E-state index in [9.17, 15) is 9.59 Å². The van der Waals surface area contributed by atoms with Gasteiger partial charge in [-0.3, -0.25) is 19.4 Å². The third kappa shape index (κ3) is 6.90. The molecule has 0 radical (unpaired) electrons. The first-order chi connectivity index (χ1) is 15.2. The van der Waals surface area contributed by atoms with E-state index in [4.69, 9.17) is 0 Å². The number of hydrogen-bond donors (Lipinski definition) is 2. The Morgan fingerprint density at radius 1 is 0.938 bits per heavy atom. The molecule has 0 bridgehead atoms. The summed E-state index contributed by atoms with van der Waals surface area (Å²) < 4.78 is 0. The van der Waals surface area contributed by atoms with Gasteiger partial charge in [-0.15, -0.1) is 0 Å². The van der Waals surface area contributed by atoms with Crippen LogP contribution in [0.15, 0.2) is 48.5 Å². The lowest BCUT2D eigenvalue weighted by Crippen LogP contribution is -2.44. The lowest BCUT2D eigenvalue weighted by atomic mass is 10.1. The van der Waals surface area contributed by atoms with Crippen LogP contribution in [0.3, 0.4) is 0 Å². The Morgan fingerprint density at radius 2 is 1.66 bits per heavy atom. The van der Waals surface area contributed by atoms with Gasteiger partial charge in [-0.2, -0.15) is 0 Å². The van der Waals surface area contributed by atoms with Crippen LogP contribution in [0.5, 0.6) is 0 Å². The average molecular weight is 437 g/mol. The van der Waals surface area contributed by atoms with Crippen LogP contribution in [-0.2, 0) is 11.3 Å². The third-order valence-corrected chi connectivity index (χ3v) is 5.92. The predicted molar refractivity (Wildman–Crippen MR) is 130 cm³/mol. The summed E-state index contributed by atoms with van der Waals surface area (Å²) in [5.41, 5.74) is 3.38. The van der Waals surface area contributed by atoms with Gasteiger partial charge in [-0.25, -0.2) is 0 Å². The molecule has 2 N–H and O–H groups in total. The second-order valence-corrected chi connectivity index (χ2v) is 9.55. The molecule has 6 nitrogen and oxygen atoms in total. The molecule has 1 aliphatic rings. The smallest absolute Gasteiger partial charge is 0.253 e. The van der Waals surface area contributed by atoms with E-state index in [2.05, 4.69) is 41.2 Å². The molecule has 0 aromatic heterocycles. The molecule has 0 unspecified atom stereocenters. The van der Waals surface area contributed by atoms with Crippen LogP contribution in [0.1, 0.15) is 48.7 Å². The summed E-state index contributed by atoms with van der Waals surface area (Å²) in [7, 11) is 0. The lowest BCUT2D eigenvalue weighted by Gasteiger charge is -2.34. The van der Waals surface area contributed by atoms with Crippen molar-refractivity contribution in [3.05, 3.63) is 65.2 Å². The van der Waals surface area contributed by atoms with Crippen LogP contribution in [0, 0.1) is 6.92 Å². The molecule has 6 heteroatoms. The van der Waals surface area contributed by atoms with Crippen LogP contribution >= 0.6 is 0 Å². The maximum absolute atomic E-state index is 12.8. The van der Waals surface area contributed by atoms with Gasteiger partial charge in [0.15, 0.2) is 0 Å². The standard InChI is InChI=1S/C26H36N4O2/c1-20-10-12-21(13-11-20)18-27-25(32)22-8-5-6-9-23(22)28-24(31)19-29-14-7-15-30(17-16-29)26(2,3)4/h5-6,8-13H,7,14-19H2,1-4H3,(H,27,32)(H,28,31). The largest absolute Gasteiger partial charge is 0.348 e. The number of para-hydroxylation sites is 1. The van der Waals surface area contributed by atoms with E-state index < -0.39 is 0 Å². The minimum atomic E-state index is -0.197. The van der Waals surface area contributed by atoms with Crippen molar-refractivity contribution in [1.29, 1.82) is 0 Å². The zero-order valence-electron chi connectivity index (χ0n) is 19.8. The Morgan fingerprint density at radius 3 is 2.38 bits per heavy atom. The summed E-state index contributed by atoms with van der Waals surface area (Å²) in [6.45, 7) is 13.3. The minimum Gasteiger partial charge on any atom is -0.348 e. The van der Waals surface area contributed by atoms with E-state index in [0.717, 1.165) is 38.2 Å². The zero-order chi connectivity index (χ0) is 23.1. The fourth-order valence-electron chi connectivity index (χ4n) is 3.97. The Kier molecular flexibility index (Phi) is 8.04. The Balaban J connectivity index is 1.56. The van der Waals surface area contributed by atoms with Gasteiger partial charge >= 0.3 is 0 Å². The van der Waals surface area contributed by atoms with Gasteiger partial charge in [0.1, 0.15) is 0 Å². The molecule has 0 spiro atoms. The van der Waals surface area contributed by atoms with Crippen LogP contribution in [0.25, 0.3) is 0 Å². The summed E-state index contributed by atoms with van der Waals surface area (Å²) in [6.07, 6.45) is 1.04. The van der Waals surface area contributed by atoms with E-state index in [1.165, 1.54) is 5.56 Å². The number of carbonyl (C=O) groups excluding carboxylic acids is 2. The quantitative estimate of drug-likeness (QED) is 0.725. The average Bonchev–Trinajstić information content (AvgIpc) is 2.99. The number of benzene rings is 2. The van der Waals surface area contributed by atoms with Crippen LogP contribution in [0.2, 0.25) is 0 Å². The normalized spacial score (nSPS) is 15.8. The summed E-state index contributed by atoms with van der Waals surface area (Å²) >= 11 is 0. The van der Waals surface area contributed by atoms with Crippen LogP contribution < -0.4 is 10.6 Å². The van der Waals surface area contributed by atoms with Crippen molar-refractivity contribution in [3.8, 4) is 0 Å². The van der Waals surface area contributed by atoms with Crippen molar-refractivity contribution in [1.82, 2.24) is 15.1 Å².